The van der Waals surface area contributed by atoms with Gasteiger partial charge in [-0.25, -0.2) is 0 Å². The van der Waals surface area contributed by atoms with Gasteiger partial charge in [-0.15, -0.1) is 0 Å². The van der Waals surface area contributed by atoms with E-state index >= 15 is 0 Å². The molecule has 2 aromatic carbocycles. The SMILES string of the molecule is Cc1ccc(C(=O)[C@@H](Br)[C@H](Br)c2ccc3c(c2)OCCO3)c(O)c1. The van der Waals surface area contributed by atoms with Crippen LogP contribution in [0.5, 0.6) is 17.2 Å². The minimum Gasteiger partial charge on any atom is -0.507 e. The average molecular weight is 456 g/mol. The quantitative estimate of drug-likeness (QED) is 0.542. The Hall–Kier alpha value is -1.53. The first-order chi connectivity index (χ1) is 11.5. The zero-order valence-corrected chi connectivity index (χ0v) is 16.1. The molecule has 3 rings (SSSR count). The van der Waals surface area contributed by atoms with Crippen LogP contribution in [0, 0.1) is 6.92 Å². The van der Waals surface area contributed by atoms with Gasteiger partial charge in [-0.2, -0.15) is 0 Å². The van der Waals surface area contributed by atoms with E-state index in [0.717, 1.165) is 11.1 Å². The van der Waals surface area contributed by atoms with Gasteiger partial charge in [0.15, 0.2) is 17.3 Å². The van der Waals surface area contributed by atoms with E-state index in [1.54, 1.807) is 18.2 Å². The van der Waals surface area contributed by atoms with Gasteiger partial charge in [-0.1, -0.05) is 44.0 Å². The number of Topliss-reactive ketones (excluding diaryl/α,β-unsaturated/α-hetero) is 1. The summed E-state index contributed by atoms with van der Waals surface area (Å²) < 4.78 is 11.1. The molecule has 1 aliphatic rings. The number of ether oxygens (including phenoxy) is 2. The highest BCUT2D eigenvalue weighted by Gasteiger charge is 2.28. The summed E-state index contributed by atoms with van der Waals surface area (Å²) in [5, 5.41) is 10.0. The number of fused-ring (bicyclic) bond motifs is 1. The first-order valence-corrected chi connectivity index (χ1v) is 9.32. The molecule has 0 amide bonds. The second kappa shape index (κ2) is 7.15. The molecule has 0 saturated heterocycles. The molecule has 24 heavy (non-hydrogen) atoms. The van der Waals surface area contributed by atoms with Crippen molar-refractivity contribution < 1.29 is 19.4 Å². The Balaban J connectivity index is 1.83. The number of alkyl halides is 2. The van der Waals surface area contributed by atoms with Crippen molar-refractivity contribution in [2.24, 2.45) is 0 Å². The molecule has 1 heterocycles. The number of hydrogen-bond acceptors (Lipinski definition) is 4. The highest BCUT2D eigenvalue weighted by Crippen LogP contribution is 2.39. The maximum absolute atomic E-state index is 12.7. The van der Waals surface area contributed by atoms with Crippen LogP contribution in [0.3, 0.4) is 0 Å². The third-order valence-electron chi connectivity index (χ3n) is 3.81. The molecule has 0 aromatic heterocycles. The smallest absolute Gasteiger partial charge is 0.181 e. The summed E-state index contributed by atoms with van der Waals surface area (Å²) in [6.07, 6.45) is 0. The number of rotatable bonds is 4. The van der Waals surface area contributed by atoms with Crippen molar-refractivity contribution in [2.75, 3.05) is 13.2 Å². The number of carbonyl (C=O) groups is 1. The van der Waals surface area contributed by atoms with Gasteiger partial charge in [0.1, 0.15) is 19.0 Å². The van der Waals surface area contributed by atoms with Gasteiger partial charge in [-0.05, 0) is 42.3 Å². The van der Waals surface area contributed by atoms with Crippen molar-refractivity contribution in [2.45, 2.75) is 16.6 Å². The molecule has 0 bridgehead atoms. The van der Waals surface area contributed by atoms with Crippen LogP contribution in [0.15, 0.2) is 36.4 Å². The number of benzene rings is 2. The average Bonchev–Trinajstić information content (AvgIpc) is 2.59. The van der Waals surface area contributed by atoms with Crippen molar-refractivity contribution in [1.82, 2.24) is 0 Å². The fourth-order valence-electron chi connectivity index (χ4n) is 2.53. The zero-order chi connectivity index (χ0) is 17.3. The van der Waals surface area contributed by atoms with Gasteiger partial charge >= 0.3 is 0 Å². The number of phenols is 1. The number of hydrogen-bond donors (Lipinski definition) is 1. The summed E-state index contributed by atoms with van der Waals surface area (Å²) in [6.45, 7) is 2.91. The fourth-order valence-corrected chi connectivity index (χ4v) is 3.61. The van der Waals surface area contributed by atoms with Crippen LogP contribution < -0.4 is 9.47 Å². The first-order valence-electron chi connectivity index (χ1n) is 7.49. The third kappa shape index (κ3) is 3.44. The van der Waals surface area contributed by atoms with Crippen molar-refractivity contribution in [3.05, 3.63) is 53.1 Å². The molecule has 2 atom stereocenters. The van der Waals surface area contributed by atoms with E-state index in [2.05, 4.69) is 31.9 Å². The second-order valence-corrected chi connectivity index (χ2v) is 7.56. The van der Waals surface area contributed by atoms with Gasteiger partial charge in [-0.3, -0.25) is 4.79 Å². The first kappa shape index (κ1) is 17.3. The van der Waals surface area contributed by atoms with E-state index in [-0.39, 0.29) is 16.4 Å². The van der Waals surface area contributed by atoms with Crippen molar-refractivity contribution in [3.63, 3.8) is 0 Å². The molecule has 126 valence electrons. The van der Waals surface area contributed by atoms with E-state index in [0.29, 0.717) is 30.3 Å². The van der Waals surface area contributed by atoms with Crippen LogP contribution in [0.1, 0.15) is 26.3 Å². The van der Waals surface area contributed by atoms with E-state index in [9.17, 15) is 9.90 Å². The van der Waals surface area contributed by atoms with Crippen LogP contribution in [0.4, 0.5) is 0 Å². The van der Waals surface area contributed by atoms with Crippen LogP contribution in [-0.2, 0) is 0 Å². The molecule has 0 aliphatic carbocycles. The number of ketones is 1. The Morgan fingerprint density at radius 3 is 2.50 bits per heavy atom. The minimum atomic E-state index is -0.534. The van der Waals surface area contributed by atoms with E-state index in [4.69, 9.17) is 9.47 Å². The monoisotopic (exact) mass is 454 g/mol. The summed E-state index contributed by atoms with van der Waals surface area (Å²) in [5.41, 5.74) is 2.09. The number of aryl methyl sites for hydroxylation is 1. The molecule has 0 radical (unpaired) electrons. The molecule has 0 saturated carbocycles. The molecule has 1 aliphatic heterocycles. The molecule has 0 fully saturated rings. The summed E-state index contributed by atoms with van der Waals surface area (Å²) in [5.74, 6) is 1.18. The predicted molar refractivity (Wildman–Crippen MR) is 99.0 cm³/mol. The van der Waals surface area contributed by atoms with Crippen LogP contribution in [0.2, 0.25) is 0 Å². The molecular weight excluding hydrogens is 440 g/mol. The summed E-state index contributed by atoms with van der Waals surface area (Å²) >= 11 is 7.02. The minimum absolute atomic E-state index is 0.00803. The lowest BCUT2D eigenvalue weighted by Gasteiger charge is -2.21. The zero-order valence-electron chi connectivity index (χ0n) is 13.0. The van der Waals surface area contributed by atoms with Crippen molar-refractivity contribution >= 4 is 37.6 Å². The summed E-state index contributed by atoms with van der Waals surface area (Å²) in [6, 6.07) is 10.6. The Morgan fingerprint density at radius 2 is 1.79 bits per heavy atom. The maximum atomic E-state index is 12.7. The van der Waals surface area contributed by atoms with E-state index < -0.39 is 4.83 Å². The number of carbonyl (C=O) groups excluding carboxylic acids is 1. The van der Waals surface area contributed by atoms with Gasteiger partial charge < -0.3 is 14.6 Å². The Morgan fingerprint density at radius 1 is 1.08 bits per heavy atom. The van der Waals surface area contributed by atoms with Crippen LogP contribution in [0.25, 0.3) is 0 Å². The van der Waals surface area contributed by atoms with Crippen LogP contribution >= 0.6 is 31.9 Å². The lowest BCUT2D eigenvalue weighted by atomic mass is 10.0. The number of phenolic OH excluding ortho intramolecular Hbond substituents is 1. The number of aromatic hydroxyl groups is 1. The lowest BCUT2D eigenvalue weighted by molar-refractivity contribution is 0.0988. The molecule has 0 unspecified atom stereocenters. The molecule has 0 spiro atoms. The predicted octanol–water partition coefficient (Wildman–Crippen LogP) is 4.55. The standard InChI is InChI=1S/C18H16Br2O4/c1-10-2-4-12(13(21)8-10)18(22)17(20)16(19)11-3-5-14-15(9-11)24-7-6-23-14/h2-5,8-9,16-17,21H,6-7H2,1H3/t16-,17+/m1/s1. The summed E-state index contributed by atoms with van der Waals surface area (Å²) in [7, 11) is 0. The maximum Gasteiger partial charge on any atom is 0.181 e. The van der Waals surface area contributed by atoms with Gasteiger partial charge in [0.05, 0.1) is 15.2 Å². The highest BCUT2D eigenvalue weighted by molar-refractivity contribution is 9.12. The molecule has 6 heteroatoms. The molecule has 1 N–H and O–H groups in total. The lowest BCUT2D eigenvalue weighted by Crippen LogP contribution is -2.20. The van der Waals surface area contributed by atoms with Gasteiger partial charge in [0.2, 0.25) is 0 Å². The Bertz CT molecular complexity index is 776. The largest absolute Gasteiger partial charge is 0.507 e. The van der Waals surface area contributed by atoms with Crippen molar-refractivity contribution in [1.29, 1.82) is 0 Å². The highest BCUT2D eigenvalue weighted by atomic mass is 79.9. The fraction of sp³-hybridized carbons (Fsp3) is 0.278. The molecular formula is C18H16Br2O4. The topological polar surface area (TPSA) is 55.8 Å². The molecule has 4 nitrogen and oxygen atoms in total. The third-order valence-corrected chi connectivity index (χ3v) is 6.52. The Labute approximate surface area is 157 Å². The van der Waals surface area contributed by atoms with Crippen molar-refractivity contribution in [3.8, 4) is 17.2 Å². The van der Waals surface area contributed by atoms with Crippen LogP contribution in [-0.4, -0.2) is 28.9 Å². The normalized spacial score (nSPS) is 15.6. The second-order valence-electron chi connectivity index (χ2n) is 5.59. The van der Waals surface area contributed by atoms with E-state index in [1.165, 1.54) is 0 Å². The molecule has 2 aromatic rings. The van der Waals surface area contributed by atoms with Gasteiger partial charge in [0.25, 0.3) is 0 Å². The van der Waals surface area contributed by atoms with E-state index in [1.807, 2.05) is 25.1 Å². The summed E-state index contributed by atoms with van der Waals surface area (Å²) in [4.78, 5) is 11.9. The number of halogens is 2. The Kier molecular flexibility index (Phi) is 5.15. The van der Waals surface area contributed by atoms with Gasteiger partial charge in [0, 0.05) is 0 Å².